The lowest BCUT2D eigenvalue weighted by molar-refractivity contribution is -0.116. The second-order valence-corrected chi connectivity index (χ2v) is 4.91. The van der Waals surface area contributed by atoms with Crippen LogP contribution in [-0.2, 0) is 11.2 Å². The summed E-state index contributed by atoms with van der Waals surface area (Å²) in [5, 5.41) is 0. The first-order chi connectivity index (χ1) is 8.16. The zero-order valence-corrected chi connectivity index (χ0v) is 11.2. The Morgan fingerprint density at radius 3 is 2.29 bits per heavy atom. The molecule has 0 aromatic heterocycles. The lowest BCUT2D eigenvalue weighted by Crippen LogP contribution is -1.95. The third-order valence-corrected chi connectivity index (χ3v) is 3.28. The topological polar surface area (TPSA) is 17.1 Å². The maximum Gasteiger partial charge on any atom is 0.134 e. The van der Waals surface area contributed by atoms with Gasteiger partial charge < -0.3 is 0 Å². The van der Waals surface area contributed by atoms with Crippen molar-refractivity contribution >= 4 is 21.7 Å². The Morgan fingerprint density at radius 1 is 1.06 bits per heavy atom. The van der Waals surface area contributed by atoms with E-state index in [1.807, 2.05) is 30.3 Å². The maximum absolute atomic E-state index is 11.0. The van der Waals surface area contributed by atoms with Gasteiger partial charge in [0.2, 0.25) is 0 Å². The predicted octanol–water partition coefficient (Wildman–Crippen LogP) is 4.25. The molecule has 0 bridgehead atoms. The van der Waals surface area contributed by atoms with Gasteiger partial charge in [0.05, 0.1) is 0 Å². The van der Waals surface area contributed by atoms with Gasteiger partial charge in [-0.15, -0.1) is 0 Å². The molecular weight excluding hydrogens is 276 g/mol. The molecule has 2 aromatic rings. The van der Waals surface area contributed by atoms with Crippen molar-refractivity contribution in [2.45, 2.75) is 13.3 Å². The third-order valence-electron chi connectivity index (χ3n) is 2.59. The molecule has 0 N–H and O–H groups in total. The molecule has 0 saturated heterocycles. The van der Waals surface area contributed by atoms with Crippen LogP contribution in [0.1, 0.15) is 12.5 Å². The van der Waals surface area contributed by atoms with Crippen molar-refractivity contribution in [3.8, 4) is 11.1 Å². The van der Waals surface area contributed by atoms with E-state index in [0.29, 0.717) is 6.42 Å². The third kappa shape index (κ3) is 3.04. The average molecular weight is 289 g/mol. The fourth-order valence-corrected chi connectivity index (χ4v) is 2.30. The van der Waals surface area contributed by atoms with Crippen LogP contribution >= 0.6 is 15.9 Å². The number of halogens is 1. The molecular formula is C15H13BrO. The highest BCUT2D eigenvalue weighted by atomic mass is 79.9. The molecule has 2 aromatic carbocycles. The lowest BCUT2D eigenvalue weighted by atomic mass is 10.0. The summed E-state index contributed by atoms with van der Waals surface area (Å²) in [4.78, 5) is 11.0. The zero-order valence-electron chi connectivity index (χ0n) is 9.61. The number of carbonyl (C=O) groups is 1. The van der Waals surface area contributed by atoms with Crippen molar-refractivity contribution in [3.63, 3.8) is 0 Å². The highest BCUT2D eigenvalue weighted by Crippen LogP contribution is 2.27. The first-order valence-corrected chi connectivity index (χ1v) is 6.29. The first kappa shape index (κ1) is 12.1. The quantitative estimate of drug-likeness (QED) is 0.825. The smallest absolute Gasteiger partial charge is 0.134 e. The van der Waals surface area contributed by atoms with Crippen LogP contribution in [-0.4, -0.2) is 5.78 Å². The summed E-state index contributed by atoms with van der Waals surface area (Å²) in [6, 6.07) is 16.2. The maximum atomic E-state index is 11.0. The first-order valence-electron chi connectivity index (χ1n) is 5.50. The molecule has 0 spiro atoms. The van der Waals surface area contributed by atoms with E-state index in [-0.39, 0.29) is 5.78 Å². The summed E-state index contributed by atoms with van der Waals surface area (Å²) in [5.74, 6) is 0.193. The highest BCUT2D eigenvalue weighted by Gasteiger charge is 2.02. The van der Waals surface area contributed by atoms with Crippen molar-refractivity contribution in [2.75, 3.05) is 0 Å². The Kier molecular flexibility index (Phi) is 3.75. The molecule has 2 heteroatoms. The number of hydrogen-bond donors (Lipinski definition) is 0. The van der Waals surface area contributed by atoms with Crippen LogP contribution in [0.15, 0.2) is 53.0 Å². The molecule has 0 aliphatic carbocycles. The Labute approximate surface area is 110 Å². The van der Waals surface area contributed by atoms with Gasteiger partial charge >= 0.3 is 0 Å². The standard InChI is InChI=1S/C15H13BrO/c1-11(17)10-12-6-8-13(9-7-12)14-4-2-3-5-15(14)16/h2-9H,10H2,1H3. The normalized spacial score (nSPS) is 10.2. The zero-order chi connectivity index (χ0) is 12.3. The lowest BCUT2D eigenvalue weighted by Gasteiger charge is -2.05. The van der Waals surface area contributed by atoms with Crippen LogP contribution < -0.4 is 0 Å². The van der Waals surface area contributed by atoms with Crippen LogP contribution in [0.3, 0.4) is 0 Å². The van der Waals surface area contributed by atoms with Gasteiger partial charge in [-0.3, -0.25) is 4.79 Å². The molecule has 0 radical (unpaired) electrons. The number of carbonyl (C=O) groups excluding carboxylic acids is 1. The molecule has 0 atom stereocenters. The molecule has 0 aliphatic heterocycles. The number of benzene rings is 2. The van der Waals surface area contributed by atoms with Crippen molar-refractivity contribution in [3.05, 3.63) is 58.6 Å². The van der Waals surface area contributed by atoms with Gasteiger partial charge in [-0.05, 0) is 29.7 Å². The Bertz CT molecular complexity index is 529. The molecule has 0 aliphatic rings. The molecule has 0 saturated carbocycles. The van der Waals surface area contributed by atoms with Gasteiger partial charge in [-0.2, -0.15) is 0 Å². The Hall–Kier alpha value is -1.41. The molecule has 1 nitrogen and oxygen atoms in total. The second-order valence-electron chi connectivity index (χ2n) is 4.06. The van der Waals surface area contributed by atoms with Crippen LogP contribution in [0, 0.1) is 0 Å². The van der Waals surface area contributed by atoms with Crippen LogP contribution in [0.5, 0.6) is 0 Å². The minimum atomic E-state index is 0.193. The van der Waals surface area contributed by atoms with Crippen LogP contribution in [0.25, 0.3) is 11.1 Å². The van der Waals surface area contributed by atoms with Gasteiger partial charge in [0.1, 0.15) is 5.78 Å². The van der Waals surface area contributed by atoms with E-state index in [1.54, 1.807) is 6.92 Å². The van der Waals surface area contributed by atoms with E-state index < -0.39 is 0 Å². The summed E-state index contributed by atoms with van der Waals surface area (Å²) >= 11 is 3.54. The highest BCUT2D eigenvalue weighted by molar-refractivity contribution is 9.10. The summed E-state index contributed by atoms with van der Waals surface area (Å²) in [7, 11) is 0. The molecule has 86 valence electrons. The summed E-state index contributed by atoms with van der Waals surface area (Å²) in [5.41, 5.74) is 3.39. The fourth-order valence-electron chi connectivity index (χ4n) is 1.78. The summed E-state index contributed by atoms with van der Waals surface area (Å²) < 4.78 is 1.08. The van der Waals surface area contributed by atoms with Crippen molar-refractivity contribution in [1.29, 1.82) is 0 Å². The predicted molar refractivity (Wildman–Crippen MR) is 74.0 cm³/mol. The van der Waals surface area contributed by atoms with Gasteiger partial charge in [0, 0.05) is 10.9 Å². The van der Waals surface area contributed by atoms with E-state index in [9.17, 15) is 4.79 Å². The van der Waals surface area contributed by atoms with E-state index in [1.165, 1.54) is 5.56 Å². The van der Waals surface area contributed by atoms with Gasteiger partial charge in [0.25, 0.3) is 0 Å². The van der Waals surface area contributed by atoms with Crippen molar-refractivity contribution < 1.29 is 4.79 Å². The van der Waals surface area contributed by atoms with Crippen LogP contribution in [0.4, 0.5) is 0 Å². The fraction of sp³-hybridized carbons (Fsp3) is 0.133. The monoisotopic (exact) mass is 288 g/mol. The summed E-state index contributed by atoms with van der Waals surface area (Å²) in [6.45, 7) is 1.61. The molecule has 17 heavy (non-hydrogen) atoms. The number of ketones is 1. The van der Waals surface area contributed by atoms with Gasteiger partial charge in [-0.25, -0.2) is 0 Å². The molecule has 0 amide bonds. The minimum Gasteiger partial charge on any atom is -0.300 e. The second kappa shape index (κ2) is 5.28. The van der Waals surface area contributed by atoms with Gasteiger partial charge in [0.15, 0.2) is 0 Å². The molecule has 0 fully saturated rings. The SMILES string of the molecule is CC(=O)Cc1ccc(-c2ccccc2Br)cc1. The van der Waals surface area contributed by atoms with E-state index in [0.717, 1.165) is 15.6 Å². The van der Waals surface area contributed by atoms with Crippen molar-refractivity contribution in [2.24, 2.45) is 0 Å². The van der Waals surface area contributed by atoms with Crippen LogP contribution in [0.2, 0.25) is 0 Å². The number of rotatable bonds is 3. The minimum absolute atomic E-state index is 0.193. The molecule has 0 heterocycles. The van der Waals surface area contributed by atoms with E-state index in [2.05, 4.69) is 34.1 Å². The Balaban J connectivity index is 2.30. The average Bonchev–Trinajstić information content (AvgIpc) is 2.30. The summed E-state index contributed by atoms with van der Waals surface area (Å²) in [6.07, 6.45) is 0.510. The molecule has 0 unspecified atom stereocenters. The Morgan fingerprint density at radius 2 is 1.71 bits per heavy atom. The number of hydrogen-bond acceptors (Lipinski definition) is 1. The van der Waals surface area contributed by atoms with E-state index >= 15 is 0 Å². The van der Waals surface area contributed by atoms with E-state index in [4.69, 9.17) is 0 Å². The van der Waals surface area contributed by atoms with Gasteiger partial charge in [-0.1, -0.05) is 58.4 Å². The number of Topliss-reactive ketones (excluding diaryl/α,β-unsaturated/α-hetero) is 1. The largest absolute Gasteiger partial charge is 0.300 e. The van der Waals surface area contributed by atoms with Crippen molar-refractivity contribution in [1.82, 2.24) is 0 Å². The molecule has 2 rings (SSSR count).